The zero-order valence-corrected chi connectivity index (χ0v) is 16.2. The van der Waals surface area contributed by atoms with Gasteiger partial charge in [0.15, 0.2) is 0 Å². The summed E-state index contributed by atoms with van der Waals surface area (Å²) in [4.78, 5) is 0. The highest BCUT2D eigenvalue weighted by Crippen LogP contribution is 2.61. The van der Waals surface area contributed by atoms with Gasteiger partial charge in [-0.2, -0.15) is 0 Å². The summed E-state index contributed by atoms with van der Waals surface area (Å²) in [5, 5.41) is 4.41. The smallest absolute Gasteiger partial charge is 0.0754 e. The Hall–Kier alpha value is -3.03. The summed E-state index contributed by atoms with van der Waals surface area (Å²) in [6, 6.07) is 30.5. The highest BCUT2D eigenvalue weighted by molar-refractivity contribution is 6.30. The maximum atomic E-state index is 6.52. The van der Waals surface area contributed by atoms with E-state index in [0.717, 1.165) is 16.4 Å². The Morgan fingerprint density at radius 2 is 1.21 bits per heavy atom. The van der Waals surface area contributed by atoms with Gasteiger partial charge in [-0.25, -0.2) is 0 Å². The van der Waals surface area contributed by atoms with Crippen molar-refractivity contribution in [2.24, 2.45) is 0 Å². The van der Waals surface area contributed by atoms with E-state index in [1.807, 2.05) is 6.07 Å². The molecular weight excluding hydrogens is 362 g/mol. The molecule has 4 aromatic rings. The molecule has 1 heterocycles. The molecule has 0 bridgehead atoms. The minimum Gasteiger partial charge on any atom is -0.355 e. The molecule has 134 valence electrons. The highest BCUT2D eigenvalue weighted by atomic mass is 35.5. The second-order valence-corrected chi connectivity index (χ2v) is 8.14. The van der Waals surface area contributed by atoms with Gasteiger partial charge >= 0.3 is 0 Å². The summed E-state index contributed by atoms with van der Waals surface area (Å²) in [5.41, 5.74) is 10.9. The SMILES string of the molecule is Cc1ccc2c(c1)C1(c3cc(Cl)ccc3N2)c2ccccc2-c2ccccc21. The number of benzene rings is 4. The molecule has 1 nitrogen and oxygen atoms in total. The van der Waals surface area contributed by atoms with E-state index in [0.29, 0.717) is 0 Å². The van der Waals surface area contributed by atoms with E-state index in [4.69, 9.17) is 11.6 Å². The van der Waals surface area contributed by atoms with Gasteiger partial charge in [0.2, 0.25) is 0 Å². The second kappa shape index (κ2) is 5.50. The number of rotatable bonds is 0. The van der Waals surface area contributed by atoms with E-state index < -0.39 is 0 Å². The molecule has 1 aliphatic heterocycles. The first kappa shape index (κ1) is 16.0. The van der Waals surface area contributed by atoms with Gasteiger partial charge in [-0.15, -0.1) is 0 Å². The Bertz CT molecular complexity index is 1170. The lowest BCUT2D eigenvalue weighted by Crippen LogP contribution is -2.33. The van der Waals surface area contributed by atoms with E-state index in [2.05, 4.69) is 91.1 Å². The van der Waals surface area contributed by atoms with Crippen molar-refractivity contribution < 1.29 is 0 Å². The predicted octanol–water partition coefficient (Wildman–Crippen LogP) is 7.07. The Morgan fingerprint density at radius 3 is 1.89 bits per heavy atom. The molecule has 6 rings (SSSR count). The number of fused-ring (bicyclic) bond motifs is 9. The van der Waals surface area contributed by atoms with Crippen LogP contribution in [0.5, 0.6) is 0 Å². The molecule has 0 saturated heterocycles. The molecule has 0 fully saturated rings. The fourth-order valence-electron chi connectivity index (χ4n) is 5.12. The Kier molecular flexibility index (Phi) is 3.14. The second-order valence-electron chi connectivity index (χ2n) is 7.71. The number of halogens is 1. The van der Waals surface area contributed by atoms with Crippen LogP contribution in [0, 0.1) is 6.92 Å². The van der Waals surface area contributed by atoms with Crippen molar-refractivity contribution in [1.82, 2.24) is 0 Å². The van der Waals surface area contributed by atoms with E-state index in [1.165, 1.54) is 38.9 Å². The minimum atomic E-state index is -0.361. The third kappa shape index (κ3) is 1.87. The fraction of sp³-hybridized carbons (Fsp3) is 0.0769. The topological polar surface area (TPSA) is 12.0 Å². The first-order valence-corrected chi connectivity index (χ1v) is 9.95. The maximum Gasteiger partial charge on any atom is 0.0754 e. The van der Waals surface area contributed by atoms with Crippen molar-refractivity contribution in [3.8, 4) is 11.1 Å². The van der Waals surface area contributed by atoms with Gasteiger partial charge in [0.25, 0.3) is 0 Å². The van der Waals surface area contributed by atoms with Crippen LogP contribution < -0.4 is 5.32 Å². The molecule has 1 aliphatic carbocycles. The van der Waals surface area contributed by atoms with Gasteiger partial charge in [0, 0.05) is 16.4 Å². The molecule has 0 radical (unpaired) electrons. The van der Waals surface area contributed by atoms with Crippen LogP contribution in [-0.4, -0.2) is 0 Å². The summed E-state index contributed by atoms with van der Waals surface area (Å²) in [5.74, 6) is 0. The van der Waals surface area contributed by atoms with Gasteiger partial charge < -0.3 is 5.32 Å². The van der Waals surface area contributed by atoms with Gasteiger partial charge in [0.1, 0.15) is 0 Å². The molecule has 0 saturated carbocycles. The molecule has 0 unspecified atom stereocenters. The predicted molar refractivity (Wildman–Crippen MR) is 117 cm³/mol. The standard InChI is InChI=1S/C26H18ClN/c1-16-10-12-24-22(14-16)26(23-15-17(27)11-13-25(23)28-24)20-8-4-2-6-18(20)19-7-3-5-9-21(19)26/h2-15,28H,1H3. The Labute approximate surface area is 169 Å². The Morgan fingerprint density at radius 1 is 0.643 bits per heavy atom. The summed E-state index contributed by atoms with van der Waals surface area (Å²) in [7, 11) is 0. The van der Waals surface area contributed by atoms with Crippen LogP contribution in [-0.2, 0) is 5.41 Å². The lowest BCUT2D eigenvalue weighted by Gasteiger charge is -2.40. The van der Waals surface area contributed by atoms with Crippen LogP contribution in [0.3, 0.4) is 0 Å². The zero-order chi connectivity index (χ0) is 18.9. The average molecular weight is 380 g/mol. The van der Waals surface area contributed by atoms with E-state index in [9.17, 15) is 0 Å². The molecule has 4 aromatic carbocycles. The van der Waals surface area contributed by atoms with Crippen molar-refractivity contribution in [1.29, 1.82) is 0 Å². The lowest BCUT2D eigenvalue weighted by molar-refractivity contribution is 0.762. The van der Waals surface area contributed by atoms with Gasteiger partial charge in [0.05, 0.1) is 5.41 Å². The maximum absolute atomic E-state index is 6.52. The van der Waals surface area contributed by atoms with Crippen LogP contribution in [0.1, 0.15) is 27.8 Å². The first-order chi connectivity index (χ1) is 13.7. The van der Waals surface area contributed by atoms with Crippen molar-refractivity contribution in [3.05, 3.63) is 118 Å². The molecule has 28 heavy (non-hydrogen) atoms. The molecule has 2 heteroatoms. The monoisotopic (exact) mass is 379 g/mol. The van der Waals surface area contributed by atoms with Crippen molar-refractivity contribution >= 4 is 23.0 Å². The number of hydrogen-bond donors (Lipinski definition) is 1. The van der Waals surface area contributed by atoms with Crippen molar-refractivity contribution in [3.63, 3.8) is 0 Å². The quantitative estimate of drug-likeness (QED) is 0.297. The van der Waals surface area contributed by atoms with Crippen LogP contribution in [0.4, 0.5) is 11.4 Å². The largest absolute Gasteiger partial charge is 0.355 e. The van der Waals surface area contributed by atoms with Gasteiger partial charge in [-0.1, -0.05) is 77.8 Å². The first-order valence-electron chi connectivity index (χ1n) is 9.57. The molecule has 0 amide bonds. The summed E-state index contributed by atoms with van der Waals surface area (Å²) in [6.45, 7) is 2.16. The zero-order valence-electron chi connectivity index (χ0n) is 15.5. The Balaban J connectivity index is 1.86. The highest BCUT2D eigenvalue weighted by Gasteiger charge is 2.50. The lowest BCUT2D eigenvalue weighted by atomic mass is 9.65. The fourth-order valence-corrected chi connectivity index (χ4v) is 5.29. The van der Waals surface area contributed by atoms with Crippen molar-refractivity contribution in [2.75, 3.05) is 5.32 Å². The average Bonchev–Trinajstić information content (AvgIpc) is 3.01. The summed E-state index contributed by atoms with van der Waals surface area (Å²) in [6.07, 6.45) is 0. The summed E-state index contributed by atoms with van der Waals surface area (Å²) < 4.78 is 0. The molecule has 1 N–H and O–H groups in total. The van der Waals surface area contributed by atoms with Gasteiger partial charge in [-0.05, 0) is 64.6 Å². The number of hydrogen-bond acceptors (Lipinski definition) is 1. The van der Waals surface area contributed by atoms with Crippen molar-refractivity contribution in [2.45, 2.75) is 12.3 Å². The van der Waals surface area contributed by atoms with E-state index in [1.54, 1.807) is 0 Å². The number of aryl methyl sites for hydroxylation is 1. The van der Waals surface area contributed by atoms with Crippen LogP contribution >= 0.6 is 11.6 Å². The molecule has 0 aromatic heterocycles. The third-order valence-corrected chi connectivity index (χ3v) is 6.42. The minimum absolute atomic E-state index is 0.361. The van der Waals surface area contributed by atoms with Crippen LogP contribution in [0.25, 0.3) is 11.1 Å². The molecule has 0 atom stereocenters. The van der Waals surface area contributed by atoms with Crippen LogP contribution in [0.15, 0.2) is 84.9 Å². The van der Waals surface area contributed by atoms with E-state index >= 15 is 0 Å². The number of nitrogens with one attached hydrogen (secondary N) is 1. The van der Waals surface area contributed by atoms with Crippen LogP contribution in [0.2, 0.25) is 5.02 Å². The van der Waals surface area contributed by atoms with Gasteiger partial charge in [-0.3, -0.25) is 0 Å². The summed E-state index contributed by atoms with van der Waals surface area (Å²) >= 11 is 6.52. The third-order valence-electron chi connectivity index (χ3n) is 6.19. The number of anilines is 2. The van der Waals surface area contributed by atoms with E-state index in [-0.39, 0.29) is 5.41 Å². The normalized spacial score (nSPS) is 14.6. The molecular formula is C26H18ClN. The molecule has 1 spiro atoms. The molecule has 2 aliphatic rings.